The van der Waals surface area contributed by atoms with Crippen molar-refractivity contribution >= 4 is 5.97 Å². The van der Waals surface area contributed by atoms with E-state index in [1.54, 1.807) is 0 Å². The third-order valence-electron chi connectivity index (χ3n) is 3.61. The molecule has 0 unspecified atom stereocenters. The Kier molecular flexibility index (Phi) is 13.7. The maximum atomic E-state index is 10.3. The molecule has 0 radical (unpaired) electrons. The van der Waals surface area contributed by atoms with Crippen LogP contribution in [0.3, 0.4) is 0 Å². The molecular weight excluding hydrogens is 252 g/mol. The van der Waals surface area contributed by atoms with Gasteiger partial charge in [-0.15, -0.1) is 0 Å². The molecule has 0 bridgehead atoms. The Morgan fingerprint density at radius 3 is 1.55 bits per heavy atom. The minimum absolute atomic E-state index is 0.520. The Morgan fingerprint density at radius 2 is 1.15 bits per heavy atom. The third kappa shape index (κ3) is 13.4. The number of unbranched alkanes of at least 4 members (excludes halogenated alkanes) is 12. The first kappa shape index (κ1) is 19.0. The maximum Gasteiger partial charge on any atom is 0.370 e. The summed E-state index contributed by atoms with van der Waals surface area (Å²) in [5.74, 6) is -1.75. The van der Waals surface area contributed by atoms with Gasteiger partial charge in [0.2, 0.25) is 0 Å². The minimum Gasteiger partial charge on any atom is -0.502 e. The standard InChI is InChI=1S/C17H32O3/c1-2-3-4-5-6-7-8-9-10-11-12-13-14-15-16(18)17(19)20/h15,18H,2-14H2,1H3,(H,19,20). The number of carbonyl (C=O) groups is 1. The minimum atomic E-state index is -1.23. The fourth-order valence-electron chi connectivity index (χ4n) is 2.31. The van der Waals surface area contributed by atoms with E-state index < -0.39 is 11.7 Å². The lowest BCUT2D eigenvalue weighted by Gasteiger charge is -2.02. The number of aliphatic hydroxyl groups is 1. The summed E-state index contributed by atoms with van der Waals surface area (Å²) >= 11 is 0. The summed E-state index contributed by atoms with van der Waals surface area (Å²) in [5, 5.41) is 17.4. The van der Waals surface area contributed by atoms with Crippen molar-refractivity contribution in [3.63, 3.8) is 0 Å². The lowest BCUT2D eigenvalue weighted by atomic mass is 10.0. The van der Waals surface area contributed by atoms with E-state index in [1.165, 1.54) is 70.3 Å². The fourth-order valence-corrected chi connectivity index (χ4v) is 2.31. The normalized spacial score (nSPS) is 11.8. The third-order valence-corrected chi connectivity index (χ3v) is 3.61. The monoisotopic (exact) mass is 284 g/mol. The number of aliphatic carboxylic acids is 1. The highest BCUT2D eigenvalue weighted by Crippen LogP contribution is 2.12. The van der Waals surface area contributed by atoms with E-state index in [1.807, 2.05) is 0 Å². The summed E-state index contributed by atoms with van der Waals surface area (Å²) in [6.45, 7) is 2.25. The molecule has 3 heteroatoms. The highest BCUT2D eigenvalue weighted by Gasteiger charge is 2.01. The quantitative estimate of drug-likeness (QED) is 0.248. The highest BCUT2D eigenvalue weighted by atomic mass is 16.4. The van der Waals surface area contributed by atoms with Crippen molar-refractivity contribution in [1.29, 1.82) is 0 Å². The van der Waals surface area contributed by atoms with Gasteiger partial charge in [0.05, 0.1) is 0 Å². The number of carboxylic acid groups (broad SMARTS) is 1. The number of hydrogen-bond donors (Lipinski definition) is 2. The van der Waals surface area contributed by atoms with E-state index in [4.69, 9.17) is 10.2 Å². The number of allylic oxidation sites excluding steroid dienone is 1. The lowest BCUT2D eigenvalue weighted by molar-refractivity contribution is -0.135. The average molecular weight is 284 g/mol. The van der Waals surface area contributed by atoms with E-state index in [0.717, 1.165) is 12.8 Å². The van der Waals surface area contributed by atoms with Gasteiger partial charge in [-0.3, -0.25) is 0 Å². The van der Waals surface area contributed by atoms with Crippen LogP contribution in [0.25, 0.3) is 0 Å². The van der Waals surface area contributed by atoms with Crippen LogP contribution in [0, 0.1) is 0 Å². The molecule has 0 aliphatic carbocycles. The van der Waals surface area contributed by atoms with E-state index in [-0.39, 0.29) is 0 Å². The Hall–Kier alpha value is -0.990. The van der Waals surface area contributed by atoms with Gasteiger partial charge < -0.3 is 10.2 Å². The average Bonchev–Trinajstić information content (AvgIpc) is 2.43. The summed E-state index contributed by atoms with van der Waals surface area (Å²) in [6.07, 6.45) is 17.6. The van der Waals surface area contributed by atoms with Gasteiger partial charge in [0.15, 0.2) is 5.76 Å². The number of carboxylic acids is 1. The Morgan fingerprint density at radius 1 is 0.750 bits per heavy atom. The second kappa shape index (κ2) is 14.4. The van der Waals surface area contributed by atoms with Crippen LogP contribution in [0.2, 0.25) is 0 Å². The molecule has 0 aromatic heterocycles. The zero-order valence-electron chi connectivity index (χ0n) is 13.1. The number of rotatable bonds is 14. The van der Waals surface area contributed by atoms with Gasteiger partial charge in [-0.25, -0.2) is 4.79 Å². The molecule has 0 amide bonds. The first-order chi connectivity index (χ1) is 9.68. The summed E-state index contributed by atoms with van der Waals surface area (Å²) in [4.78, 5) is 10.3. The van der Waals surface area contributed by atoms with Crippen molar-refractivity contribution < 1.29 is 15.0 Å². The van der Waals surface area contributed by atoms with Crippen LogP contribution in [-0.4, -0.2) is 16.2 Å². The van der Waals surface area contributed by atoms with Crippen LogP contribution in [0.5, 0.6) is 0 Å². The fraction of sp³-hybridized carbons (Fsp3) is 0.824. The molecule has 0 aromatic rings. The molecule has 0 rings (SSSR count). The van der Waals surface area contributed by atoms with Crippen molar-refractivity contribution in [2.75, 3.05) is 0 Å². The van der Waals surface area contributed by atoms with E-state index in [2.05, 4.69) is 6.92 Å². The van der Waals surface area contributed by atoms with Gasteiger partial charge >= 0.3 is 5.97 Å². The molecule has 0 spiro atoms. The molecule has 118 valence electrons. The van der Waals surface area contributed by atoms with Gasteiger partial charge in [-0.2, -0.15) is 0 Å². The molecule has 3 nitrogen and oxygen atoms in total. The number of aliphatic hydroxyl groups excluding tert-OH is 1. The highest BCUT2D eigenvalue weighted by molar-refractivity contribution is 5.83. The van der Waals surface area contributed by atoms with Gasteiger partial charge in [0.25, 0.3) is 0 Å². The molecular formula is C17H32O3. The molecule has 20 heavy (non-hydrogen) atoms. The summed E-state index contributed by atoms with van der Waals surface area (Å²) in [5.41, 5.74) is 0. The lowest BCUT2D eigenvalue weighted by Crippen LogP contribution is -1.98. The summed E-state index contributed by atoms with van der Waals surface area (Å²) < 4.78 is 0. The molecule has 0 saturated heterocycles. The van der Waals surface area contributed by atoms with Crippen molar-refractivity contribution in [3.05, 3.63) is 11.8 Å². The SMILES string of the molecule is CCCCCCCCCCCCCCC=C(O)C(=O)O. The van der Waals surface area contributed by atoms with Gasteiger partial charge in [0.1, 0.15) is 0 Å². The van der Waals surface area contributed by atoms with Crippen LogP contribution < -0.4 is 0 Å². The molecule has 0 heterocycles. The summed E-state index contributed by atoms with van der Waals surface area (Å²) in [7, 11) is 0. The van der Waals surface area contributed by atoms with Crippen LogP contribution in [0.4, 0.5) is 0 Å². The molecule has 0 saturated carbocycles. The topological polar surface area (TPSA) is 57.5 Å². The van der Waals surface area contributed by atoms with E-state index >= 15 is 0 Å². The molecule has 0 fully saturated rings. The largest absolute Gasteiger partial charge is 0.502 e. The first-order valence-electron chi connectivity index (χ1n) is 8.31. The molecule has 0 aliphatic rings. The van der Waals surface area contributed by atoms with Crippen LogP contribution in [0.1, 0.15) is 90.4 Å². The van der Waals surface area contributed by atoms with Crippen LogP contribution in [0.15, 0.2) is 11.8 Å². The molecule has 0 aromatic carbocycles. The van der Waals surface area contributed by atoms with Crippen molar-refractivity contribution in [3.8, 4) is 0 Å². The van der Waals surface area contributed by atoms with Crippen LogP contribution in [-0.2, 0) is 4.79 Å². The second-order valence-electron chi connectivity index (χ2n) is 5.57. The van der Waals surface area contributed by atoms with Gasteiger partial charge in [0, 0.05) is 0 Å². The predicted molar refractivity (Wildman–Crippen MR) is 84.0 cm³/mol. The van der Waals surface area contributed by atoms with Crippen LogP contribution >= 0.6 is 0 Å². The second-order valence-corrected chi connectivity index (χ2v) is 5.57. The van der Waals surface area contributed by atoms with Gasteiger partial charge in [-0.1, -0.05) is 77.6 Å². The molecule has 0 atom stereocenters. The summed E-state index contributed by atoms with van der Waals surface area (Å²) in [6, 6.07) is 0. The van der Waals surface area contributed by atoms with Crippen molar-refractivity contribution in [2.24, 2.45) is 0 Å². The van der Waals surface area contributed by atoms with Crippen molar-refractivity contribution in [2.45, 2.75) is 90.4 Å². The molecule has 2 N–H and O–H groups in total. The van der Waals surface area contributed by atoms with Crippen molar-refractivity contribution in [1.82, 2.24) is 0 Å². The Balaban J connectivity index is 3.14. The number of hydrogen-bond acceptors (Lipinski definition) is 2. The zero-order valence-corrected chi connectivity index (χ0v) is 13.1. The molecule has 0 aliphatic heterocycles. The maximum absolute atomic E-state index is 10.3. The van der Waals surface area contributed by atoms with E-state index in [9.17, 15) is 4.79 Å². The first-order valence-corrected chi connectivity index (χ1v) is 8.31. The Labute approximate surface area is 124 Å². The predicted octanol–water partition coefficient (Wildman–Crippen LogP) is 5.60. The Bertz CT molecular complexity index is 259. The van der Waals surface area contributed by atoms with Gasteiger partial charge in [-0.05, 0) is 18.9 Å². The smallest absolute Gasteiger partial charge is 0.370 e. The van der Waals surface area contributed by atoms with E-state index in [0.29, 0.717) is 6.42 Å². The zero-order chi connectivity index (χ0) is 15.1.